The first-order valence-electron chi connectivity index (χ1n) is 3.63. The fourth-order valence-electron chi connectivity index (χ4n) is 0.514. The highest BCUT2D eigenvalue weighted by Gasteiger charge is 2.04. The minimum atomic E-state index is -0.918. The van der Waals surface area contributed by atoms with E-state index in [4.69, 9.17) is 9.84 Å². The number of rotatable bonds is 4. The zero-order valence-corrected chi connectivity index (χ0v) is 7.18. The summed E-state index contributed by atoms with van der Waals surface area (Å²) in [7, 11) is 0. The van der Waals surface area contributed by atoms with Crippen LogP contribution >= 0.6 is 0 Å². The summed E-state index contributed by atoms with van der Waals surface area (Å²) in [5.74, 6) is -0.419. The van der Waals surface area contributed by atoms with E-state index in [0.29, 0.717) is 12.4 Å². The summed E-state index contributed by atoms with van der Waals surface area (Å²) < 4.78 is 5.11. The standard InChI is InChI=1S/C8H14O3/c1-4-5-11-7(3)6(2)8(9)10/h4-5H2,1-3H3,(H,9,10). The van der Waals surface area contributed by atoms with Gasteiger partial charge in [-0.2, -0.15) is 0 Å². The van der Waals surface area contributed by atoms with Crippen LogP contribution in [0.1, 0.15) is 27.2 Å². The number of carboxylic acids is 1. The van der Waals surface area contributed by atoms with E-state index in [0.717, 1.165) is 6.42 Å². The van der Waals surface area contributed by atoms with Crippen LogP contribution in [0.5, 0.6) is 0 Å². The van der Waals surface area contributed by atoms with Crippen LogP contribution in [0.15, 0.2) is 11.3 Å². The highest BCUT2D eigenvalue weighted by Crippen LogP contribution is 2.04. The third-order valence-corrected chi connectivity index (χ3v) is 1.37. The molecule has 0 saturated heterocycles. The maximum Gasteiger partial charge on any atom is 0.334 e. The zero-order chi connectivity index (χ0) is 8.85. The van der Waals surface area contributed by atoms with E-state index in [9.17, 15) is 4.79 Å². The van der Waals surface area contributed by atoms with Gasteiger partial charge in [0.15, 0.2) is 0 Å². The number of aliphatic carboxylic acids is 1. The largest absolute Gasteiger partial charge is 0.498 e. The fourth-order valence-corrected chi connectivity index (χ4v) is 0.514. The minimum Gasteiger partial charge on any atom is -0.498 e. The summed E-state index contributed by atoms with van der Waals surface area (Å²) in [6.45, 7) is 5.76. The Morgan fingerprint density at radius 2 is 2.00 bits per heavy atom. The van der Waals surface area contributed by atoms with Gasteiger partial charge in [0.25, 0.3) is 0 Å². The molecule has 0 aliphatic heterocycles. The van der Waals surface area contributed by atoms with E-state index in [2.05, 4.69) is 0 Å². The predicted octanol–water partition coefficient (Wildman–Crippen LogP) is 1.79. The molecule has 0 aliphatic carbocycles. The topological polar surface area (TPSA) is 46.5 Å². The molecule has 3 heteroatoms. The van der Waals surface area contributed by atoms with Gasteiger partial charge in [-0.25, -0.2) is 4.79 Å². The quantitative estimate of drug-likeness (QED) is 0.501. The molecular formula is C8H14O3. The van der Waals surface area contributed by atoms with Crippen molar-refractivity contribution in [2.24, 2.45) is 0 Å². The molecule has 0 heterocycles. The van der Waals surface area contributed by atoms with Crippen molar-refractivity contribution < 1.29 is 14.6 Å². The van der Waals surface area contributed by atoms with E-state index < -0.39 is 5.97 Å². The third-order valence-electron chi connectivity index (χ3n) is 1.37. The molecule has 3 nitrogen and oxygen atoms in total. The number of carboxylic acid groups (broad SMARTS) is 1. The van der Waals surface area contributed by atoms with Gasteiger partial charge in [0.2, 0.25) is 0 Å². The van der Waals surface area contributed by atoms with E-state index in [-0.39, 0.29) is 5.57 Å². The molecule has 0 unspecified atom stereocenters. The zero-order valence-electron chi connectivity index (χ0n) is 7.18. The summed E-state index contributed by atoms with van der Waals surface area (Å²) in [6.07, 6.45) is 0.893. The number of hydrogen-bond acceptors (Lipinski definition) is 2. The molecule has 11 heavy (non-hydrogen) atoms. The second-order valence-corrected chi connectivity index (χ2v) is 2.33. The van der Waals surface area contributed by atoms with Gasteiger partial charge in [-0.3, -0.25) is 0 Å². The van der Waals surface area contributed by atoms with Crippen LogP contribution in [0.2, 0.25) is 0 Å². The maximum atomic E-state index is 10.4. The van der Waals surface area contributed by atoms with Crippen LogP contribution in [0.3, 0.4) is 0 Å². The van der Waals surface area contributed by atoms with Crippen LogP contribution in [0.25, 0.3) is 0 Å². The van der Waals surface area contributed by atoms with Crippen molar-refractivity contribution >= 4 is 5.97 Å². The van der Waals surface area contributed by atoms with Crippen molar-refractivity contribution in [2.45, 2.75) is 27.2 Å². The lowest BCUT2D eigenvalue weighted by Crippen LogP contribution is -2.02. The van der Waals surface area contributed by atoms with Gasteiger partial charge >= 0.3 is 5.97 Å². The Labute approximate surface area is 66.7 Å². The molecule has 0 radical (unpaired) electrons. The van der Waals surface area contributed by atoms with E-state index in [1.807, 2.05) is 6.92 Å². The molecule has 0 spiro atoms. The smallest absolute Gasteiger partial charge is 0.334 e. The summed E-state index contributed by atoms with van der Waals surface area (Å²) in [5, 5.41) is 8.51. The number of hydrogen-bond donors (Lipinski definition) is 1. The summed E-state index contributed by atoms with van der Waals surface area (Å²) in [5.41, 5.74) is 0.276. The van der Waals surface area contributed by atoms with Crippen LogP contribution in [-0.4, -0.2) is 17.7 Å². The molecule has 0 aromatic rings. The second kappa shape index (κ2) is 4.77. The minimum absolute atomic E-state index is 0.276. The van der Waals surface area contributed by atoms with Gasteiger partial charge < -0.3 is 9.84 Å². The lowest BCUT2D eigenvalue weighted by atomic mass is 10.3. The number of allylic oxidation sites excluding steroid dienone is 1. The third kappa shape index (κ3) is 3.65. The average molecular weight is 158 g/mol. The lowest BCUT2D eigenvalue weighted by Gasteiger charge is -2.05. The lowest BCUT2D eigenvalue weighted by molar-refractivity contribution is -0.132. The molecule has 0 saturated carbocycles. The van der Waals surface area contributed by atoms with Crippen molar-refractivity contribution in [1.29, 1.82) is 0 Å². The molecule has 0 bridgehead atoms. The monoisotopic (exact) mass is 158 g/mol. The molecule has 64 valence electrons. The molecule has 0 amide bonds. The summed E-state index contributed by atoms with van der Waals surface area (Å²) >= 11 is 0. The summed E-state index contributed by atoms with van der Waals surface area (Å²) in [6, 6.07) is 0. The molecule has 0 aromatic heterocycles. The van der Waals surface area contributed by atoms with Crippen molar-refractivity contribution in [2.75, 3.05) is 6.61 Å². The Morgan fingerprint density at radius 1 is 1.45 bits per heavy atom. The van der Waals surface area contributed by atoms with Crippen LogP contribution < -0.4 is 0 Å². The van der Waals surface area contributed by atoms with Crippen molar-refractivity contribution in [3.63, 3.8) is 0 Å². The molecular weight excluding hydrogens is 144 g/mol. The Hall–Kier alpha value is -0.990. The second-order valence-electron chi connectivity index (χ2n) is 2.33. The highest BCUT2D eigenvalue weighted by molar-refractivity contribution is 5.86. The van der Waals surface area contributed by atoms with E-state index in [1.54, 1.807) is 6.92 Å². The average Bonchev–Trinajstić information content (AvgIpc) is 1.98. The van der Waals surface area contributed by atoms with E-state index >= 15 is 0 Å². The first-order valence-corrected chi connectivity index (χ1v) is 3.63. The number of carbonyl (C=O) groups is 1. The first kappa shape index (κ1) is 10.0. The Kier molecular flexibility index (Phi) is 4.34. The summed E-state index contributed by atoms with van der Waals surface area (Å²) in [4.78, 5) is 10.4. The van der Waals surface area contributed by atoms with Gasteiger partial charge in [0, 0.05) is 0 Å². The van der Waals surface area contributed by atoms with Gasteiger partial charge in [0.05, 0.1) is 12.2 Å². The van der Waals surface area contributed by atoms with Crippen molar-refractivity contribution in [3.05, 3.63) is 11.3 Å². The molecule has 1 N–H and O–H groups in total. The van der Waals surface area contributed by atoms with Gasteiger partial charge in [-0.1, -0.05) is 6.92 Å². The SMILES string of the molecule is CCCOC(C)=C(C)C(=O)O. The van der Waals surface area contributed by atoms with Crippen molar-refractivity contribution in [1.82, 2.24) is 0 Å². The molecule has 0 atom stereocenters. The molecule has 0 aliphatic rings. The molecule has 0 rings (SSSR count). The fraction of sp³-hybridized carbons (Fsp3) is 0.625. The highest BCUT2D eigenvalue weighted by atomic mass is 16.5. The van der Waals surface area contributed by atoms with Gasteiger partial charge in [0.1, 0.15) is 5.76 Å². The molecule has 0 fully saturated rings. The van der Waals surface area contributed by atoms with Crippen LogP contribution in [-0.2, 0) is 9.53 Å². The Morgan fingerprint density at radius 3 is 2.36 bits per heavy atom. The molecule has 0 aromatic carbocycles. The Balaban J connectivity index is 4.05. The van der Waals surface area contributed by atoms with E-state index in [1.165, 1.54) is 6.92 Å². The van der Waals surface area contributed by atoms with Gasteiger partial charge in [-0.05, 0) is 20.3 Å². The first-order chi connectivity index (χ1) is 5.09. The maximum absolute atomic E-state index is 10.4. The predicted molar refractivity (Wildman–Crippen MR) is 42.3 cm³/mol. The Bertz CT molecular complexity index is 170. The normalized spacial score (nSPS) is 12.3. The number of ether oxygens (including phenoxy) is 1. The van der Waals surface area contributed by atoms with Gasteiger partial charge in [-0.15, -0.1) is 0 Å². The van der Waals surface area contributed by atoms with Crippen LogP contribution in [0.4, 0.5) is 0 Å². The van der Waals surface area contributed by atoms with Crippen molar-refractivity contribution in [3.8, 4) is 0 Å². The van der Waals surface area contributed by atoms with Crippen LogP contribution in [0, 0.1) is 0 Å².